The molecule has 0 bridgehead atoms. The van der Waals surface area contributed by atoms with Crippen LogP contribution in [-0.2, 0) is 32.6 Å². The molecule has 0 radical (unpaired) electrons. The van der Waals surface area contributed by atoms with Crippen molar-refractivity contribution in [1.82, 2.24) is 19.2 Å². The highest BCUT2D eigenvalue weighted by Gasteiger charge is 2.52. The minimum absolute atomic E-state index is 0.0630. The summed E-state index contributed by atoms with van der Waals surface area (Å²) in [6, 6.07) is 6.28. The Morgan fingerprint density at radius 1 is 1.37 bits per heavy atom. The molecule has 0 unspecified atom stereocenters. The minimum Gasteiger partial charge on any atom is -0.483 e. The Morgan fingerprint density at radius 2 is 2.03 bits per heavy atom. The van der Waals surface area contributed by atoms with Crippen molar-refractivity contribution in [3.8, 4) is 0 Å². The van der Waals surface area contributed by atoms with E-state index in [9.17, 15) is 17.6 Å². The molecule has 1 aromatic carbocycles. The average Bonchev–Trinajstić information content (AvgIpc) is 3.16. The van der Waals surface area contributed by atoms with Crippen molar-refractivity contribution in [2.24, 2.45) is 5.41 Å². The Kier molecular flexibility index (Phi) is 8.07. The first-order chi connectivity index (χ1) is 14.2. The number of nitrogens with zero attached hydrogens (tertiary/aromatic N) is 3. The van der Waals surface area contributed by atoms with Crippen LogP contribution in [0.1, 0.15) is 12.0 Å². The molecule has 0 aliphatic carbocycles. The van der Waals surface area contributed by atoms with Crippen LogP contribution < -0.4 is 5.32 Å². The zero-order chi connectivity index (χ0) is 22.2. The third-order valence-corrected chi connectivity index (χ3v) is 6.03. The minimum atomic E-state index is -3.38. The number of carboxylic acid groups (broad SMARTS) is 1. The van der Waals surface area contributed by atoms with Crippen LogP contribution in [-0.4, -0.2) is 65.7 Å². The molecule has 1 fully saturated rings. The van der Waals surface area contributed by atoms with Crippen molar-refractivity contribution in [3.05, 3.63) is 54.4 Å². The second-order valence-electron chi connectivity index (χ2n) is 7.09. The number of aryl methyl sites for hydroxylation is 1. The Hall–Kier alpha value is -2.79. The third-order valence-electron chi connectivity index (χ3n) is 4.83. The van der Waals surface area contributed by atoms with Gasteiger partial charge in [0.15, 0.2) is 0 Å². The quantitative estimate of drug-likeness (QED) is 0.461. The van der Waals surface area contributed by atoms with E-state index in [0.29, 0.717) is 18.5 Å². The first-order valence-corrected chi connectivity index (χ1v) is 11.1. The molecule has 0 spiro atoms. The van der Waals surface area contributed by atoms with Crippen LogP contribution >= 0.6 is 0 Å². The molecule has 1 amide bonds. The number of hydrogen-bond donors (Lipinski definition) is 2. The SMILES string of the molecule is CS(=O)(=O)N1CC(Cc2ccccc2F)(C(=O)NCCCn2ccnc2)C1.O=CO. The molecular formula is C19H25FN4O5S. The summed E-state index contributed by atoms with van der Waals surface area (Å²) in [6.07, 6.45) is 7.24. The van der Waals surface area contributed by atoms with Crippen molar-refractivity contribution in [1.29, 1.82) is 0 Å². The maximum atomic E-state index is 14.1. The Balaban J connectivity index is 0.00000101. The smallest absolute Gasteiger partial charge is 0.290 e. The molecule has 2 heterocycles. The number of hydrogen-bond acceptors (Lipinski definition) is 5. The lowest BCUT2D eigenvalue weighted by molar-refractivity contribution is -0.137. The predicted octanol–water partition coefficient (Wildman–Crippen LogP) is 0.734. The lowest BCUT2D eigenvalue weighted by Gasteiger charge is -2.47. The van der Waals surface area contributed by atoms with E-state index in [1.165, 1.54) is 10.4 Å². The third kappa shape index (κ3) is 6.10. The van der Waals surface area contributed by atoms with Crippen LogP contribution in [0.15, 0.2) is 43.0 Å². The van der Waals surface area contributed by atoms with Crippen molar-refractivity contribution in [2.75, 3.05) is 25.9 Å². The molecule has 164 valence electrons. The van der Waals surface area contributed by atoms with E-state index < -0.39 is 15.4 Å². The van der Waals surface area contributed by atoms with Gasteiger partial charge in [-0.25, -0.2) is 17.8 Å². The van der Waals surface area contributed by atoms with Gasteiger partial charge < -0.3 is 15.0 Å². The van der Waals surface area contributed by atoms with Crippen LogP contribution in [0.2, 0.25) is 0 Å². The lowest BCUT2D eigenvalue weighted by atomic mass is 9.75. The van der Waals surface area contributed by atoms with E-state index in [2.05, 4.69) is 10.3 Å². The van der Waals surface area contributed by atoms with Gasteiger partial charge in [-0.05, 0) is 24.5 Å². The predicted molar refractivity (Wildman–Crippen MR) is 108 cm³/mol. The summed E-state index contributed by atoms with van der Waals surface area (Å²) in [5.41, 5.74) is -0.528. The highest BCUT2D eigenvalue weighted by atomic mass is 32.2. The van der Waals surface area contributed by atoms with Crippen LogP contribution in [0, 0.1) is 11.2 Å². The van der Waals surface area contributed by atoms with Crippen molar-refractivity contribution >= 4 is 22.4 Å². The monoisotopic (exact) mass is 440 g/mol. The molecule has 1 aromatic heterocycles. The lowest BCUT2D eigenvalue weighted by Crippen LogP contribution is -2.65. The maximum absolute atomic E-state index is 14.1. The second kappa shape index (κ2) is 10.3. The Bertz CT molecular complexity index is 944. The van der Waals surface area contributed by atoms with Gasteiger partial charge in [0, 0.05) is 38.6 Å². The number of nitrogens with one attached hydrogen (secondary N) is 1. The number of sulfonamides is 1. The number of aromatic nitrogens is 2. The number of benzene rings is 1. The molecule has 30 heavy (non-hydrogen) atoms. The number of halogens is 1. The Labute approximate surface area is 174 Å². The summed E-state index contributed by atoms with van der Waals surface area (Å²) >= 11 is 0. The molecule has 0 saturated carbocycles. The molecule has 1 saturated heterocycles. The van der Waals surface area contributed by atoms with Crippen LogP contribution in [0.5, 0.6) is 0 Å². The largest absolute Gasteiger partial charge is 0.483 e. The summed E-state index contributed by atoms with van der Waals surface area (Å²) in [6.45, 7) is 1.05. The summed E-state index contributed by atoms with van der Waals surface area (Å²) in [5, 5.41) is 9.77. The molecule has 9 nitrogen and oxygen atoms in total. The van der Waals surface area contributed by atoms with E-state index in [1.807, 2.05) is 10.8 Å². The summed E-state index contributed by atoms with van der Waals surface area (Å²) in [7, 11) is -3.38. The van der Waals surface area contributed by atoms with Gasteiger partial charge in [-0.2, -0.15) is 4.31 Å². The van der Waals surface area contributed by atoms with Crippen molar-refractivity contribution in [2.45, 2.75) is 19.4 Å². The fraction of sp³-hybridized carbons (Fsp3) is 0.421. The van der Waals surface area contributed by atoms with Crippen molar-refractivity contribution < 1.29 is 27.5 Å². The first-order valence-electron chi connectivity index (χ1n) is 9.22. The number of imidazole rings is 1. The van der Waals surface area contributed by atoms with Gasteiger partial charge in [-0.1, -0.05) is 18.2 Å². The number of amides is 1. The van der Waals surface area contributed by atoms with Gasteiger partial charge in [-0.3, -0.25) is 9.59 Å². The summed E-state index contributed by atoms with van der Waals surface area (Å²) < 4.78 is 40.7. The van der Waals surface area contributed by atoms with Gasteiger partial charge in [-0.15, -0.1) is 0 Å². The van der Waals surface area contributed by atoms with Crippen LogP contribution in [0.3, 0.4) is 0 Å². The van der Waals surface area contributed by atoms with Crippen LogP contribution in [0.25, 0.3) is 0 Å². The molecule has 0 atom stereocenters. The van der Waals surface area contributed by atoms with Crippen LogP contribution in [0.4, 0.5) is 4.39 Å². The first kappa shape index (κ1) is 23.5. The van der Waals surface area contributed by atoms with Gasteiger partial charge in [0.25, 0.3) is 6.47 Å². The number of rotatable bonds is 8. The summed E-state index contributed by atoms with van der Waals surface area (Å²) in [5.74, 6) is -0.626. The molecule has 1 aliphatic heterocycles. The normalized spacial score (nSPS) is 15.4. The molecule has 11 heteroatoms. The maximum Gasteiger partial charge on any atom is 0.290 e. The zero-order valence-electron chi connectivity index (χ0n) is 16.6. The highest BCUT2D eigenvalue weighted by Crippen LogP contribution is 2.36. The summed E-state index contributed by atoms with van der Waals surface area (Å²) in [4.78, 5) is 25.1. The molecular weight excluding hydrogens is 415 g/mol. The molecule has 1 aliphatic rings. The topological polar surface area (TPSA) is 122 Å². The molecule has 3 rings (SSSR count). The van der Waals surface area contributed by atoms with Gasteiger partial charge in [0.1, 0.15) is 5.82 Å². The van der Waals surface area contributed by atoms with E-state index >= 15 is 0 Å². The zero-order valence-corrected chi connectivity index (χ0v) is 17.4. The van der Waals surface area contributed by atoms with Gasteiger partial charge >= 0.3 is 0 Å². The fourth-order valence-electron chi connectivity index (χ4n) is 3.28. The van der Waals surface area contributed by atoms with E-state index in [-0.39, 0.29) is 37.7 Å². The average molecular weight is 440 g/mol. The molecule has 2 aromatic rings. The van der Waals surface area contributed by atoms with E-state index in [0.717, 1.165) is 12.8 Å². The number of carbonyl (C=O) groups is 2. The highest BCUT2D eigenvalue weighted by molar-refractivity contribution is 7.88. The molecule has 2 N–H and O–H groups in total. The number of carbonyl (C=O) groups excluding carboxylic acids is 1. The standard InChI is InChI=1S/C18H23FN4O3S.CH2O2/c1-27(25,26)23-12-18(13-23,11-15-5-2-3-6-16(15)19)17(24)21-7-4-9-22-10-8-20-14-22;2-1-3/h2-3,5-6,8,10,14H,4,7,9,11-13H2,1H3,(H,21,24);1H,(H,2,3). The Morgan fingerprint density at radius 3 is 2.60 bits per heavy atom. The van der Waals surface area contributed by atoms with Gasteiger partial charge in [0.2, 0.25) is 15.9 Å². The van der Waals surface area contributed by atoms with E-state index in [1.54, 1.807) is 30.7 Å². The second-order valence-corrected chi connectivity index (χ2v) is 9.08. The fourth-order valence-corrected chi connectivity index (χ4v) is 4.24. The van der Waals surface area contributed by atoms with E-state index in [4.69, 9.17) is 9.90 Å². The van der Waals surface area contributed by atoms with Crippen molar-refractivity contribution in [3.63, 3.8) is 0 Å². The van der Waals surface area contributed by atoms with Gasteiger partial charge in [0.05, 0.1) is 18.0 Å².